The fourth-order valence-electron chi connectivity index (χ4n) is 1.47. The van der Waals surface area contributed by atoms with Crippen LogP contribution in [-0.2, 0) is 0 Å². The Labute approximate surface area is 106 Å². The summed E-state index contributed by atoms with van der Waals surface area (Å²) in [6, 6.07) is 17.5. The predicted molar refractivity (Wildman–Crippen MR) is 72.5 cm³/mol. The molecule has 3 heteroatoms. The van der Waals surface area contributed by atoms with Crippen molar-refractivity contribution in [1.29, 1.82) is 0 Å². The summed E-state index contributed by atoms with van der Waals surface area (Å²) in [4.78, 5) is 8.24. The van der Waals surface area contributed by atoms with E-state index < -0.39 is 0 Å². The van der Waals surface area contributed by atoms with E-state index in [0.29, 0.717) is 0 Å². The summed E-state index contributed by atoms with van der Waals surface area (Å²) in [5.74, 6) is 0.910. The number of para-hydroxylation sites is 3. The highest BCUT2D eigenvalue weighted by molar-refractivity contribution is 5.72. The van der Waals surface area contributed by atoms with Crippen molar-refractivity contribution in [3.63, 3.8) is 0 Å². The number of benzene rings is 2. The molecule has 0 radical (unpaired) electrons. The Hall–Kier alpha value is -2.42. The number of hydrogen-bond donors (Lipinski definition) is 0. The van der Waals surface area contributed by atoms with Gasteiger partial charge in [-0.3, -0.25) is 9.97 Å². The topological polar surface area (TPSA) is 35.0 Å². The van der Waals surface area contributed by atoms with Gasteiger partial charge in [0.15, 0.2) is 0 Å². The second-order valence-electron chi connectivity index (χ2n) is 3.56. The molecule has 0 saturated heterocycles. The van der Waals surface area contributed by atoms with E-state index in [0.717, 1.165) is 16.8 Å². The van der Waals surface area contributed by atoms with E-state index >= 15 is 0 Å². The van der Waals surface area contributed by atoms with Crippen LogP contribution in [0, 0.1) is 0 Å². The highest BCUT2D eigenvalue weighted by Crippen LogP contribution is 2.05. The number of nitrogens with zero attached hydrogens (tertiary/aromatic N) is 2. The molecule has 0 aliphatic rings. The van der Waals surface area contributed by atoms with Gasteiger partial charge in [0.25, 0.3) is 0 Å². The van der Waals surface area contributed by atoms with Crippen molar-refractivity contribution in [3.8, 4) is 5.75 Å². The van der Waals surface area contributed by atoms with Crippen LogP contribution in [0.4, 0.5) is 0 Å². The normalized spacial score (nSPS) is 9.39. The van der Waals surface area contributed by atoms with Crippen molar-refractivity contribution in [3.05, 3.63) is 67.0 Å². The average Bonchev–Trinajstić information content (AvgIpc) is 2.49. The lowest BCUT2D eigenvalue weighted by molar-refractivity contribution is 0.415. The average molecular weight is 238 g/mol. The van der Waals surface area contributed by atoms with Crippen LogP contribution >= 0.6 is 0 Å². The maximum atomic E-state index is 4.91. The number of fused-ring (bicyclic) bond motifs is 1. The van der Waals surface area contributed by atoms with E-state index in [1.807, 2.05) is 54.6 Å². The Morgan fingerprint density at radius 3 is 1.67 bits per heavy atom. The van der Waals surface area contributed by atoms with Crippen LogP contribution in [0.1, 0.15) is 0 Å². The molecule has 0 saturated carbocycles. The molecular weight excluding hydrogens is 224 g/mol. The molecule has 3 aromatic rings. The van der Waals surface area contributed by atoms with Crippen LogP contribution in [0.5, 0.6) is 5.75 Å². The quantitative estimate of drug-likeness (QED) is 0.652. The van der Waals surface area contributed by atoms with Crippen LogP contribution < -0.4 is 4.74 Å². The lowest BCUT2D eigenvalue weighted by atomic mass is 10.3. The number of rotatable bonds is 1. The van der Waals surface area contributed by atoms with Gasteiger partial charge < -0.3 is 4.74 Å². The third-order valence-electron chi connectivity index (χ3n) is 2.35. The molecule has 0 aliphatic carbocycles. The molecule has 3 nitrogen and oxygen atoms in total. The summed E-state index contributed by atoms with van der Waals surface area (Å²) < 4.78 is 4.91. The summed E-state index contributed by atoms with van der Waals surface area (Å²) in [6.07, 6.45) is 3.39. The third kappa shape index (κ3) is 3.28. The van der Waals surface area contributed by atoms with Gasteiger partial charge in [-0.1, -0.05) is 30.3 Å². The van der Waals surface area contributed by atoms with Gasteiger partial charge in [0.05, 0.1) is 18.1 Å². The highest BCUT2D eigenvalue weighted by atomic mass is 16.5. The maximum absolute atomic E-state index is 4.91. The minimum Gasteiger partial charge on any atom is -0.497 e. The van der Waals surface area contributed by atoms with Crippen LogP contribution in [0.25, 0.3) is 11.0 Å². The molecule has 0 fully saturated rings. The number of ether oxygens (including phenoxy) is 1. The Balaban J connectivity index is 0.000000138. The van der Waals surface area contributed by atoms with Gasteiger partial charge in [0.1, 0.15) is 5.75 Å². The van der Waals surface area contributed by atoms with Crippen molar-refractivity contribution in [2.24, 2.45) is 0 Å². The van der Waals surface area contributed by atoms with Gasteiger partial charge in [-0.05, 0) is 24.3 Å². The minimum atomic E-state index is 0.910. The Bertz CT molecular complexity index is 531. The van der Waals surface area contributed by atoms with Gasteiger partial charge in [0, 0.05) is 12.4 Å². The van der Waals surface area contributed by atoms with Crippen LogP contribution in [-0.4, -0.2) is 17.1 Å². The molecule has 2 aromatic carbocycles. The molecule has 0 N–H and O–H groups in total. The van der Waals surface area contributed by atoms with Crippen molar-refractivity contribution >= 4 is 11.0 Å². The summed E-state index contributed by atoms with van der Waals surface area (Å²) >= 11 is 0. The van der Waals surface area contributed by atoms with Gasteiger partial charge in [-0.25, -0.2) is 0 Å². The van der Waals surface area contributed by atoms with E-state index in [9.17, 15) is 0 Å². The van der Waals surface area contributed by atoms with Crippen LogP contribution in [0.15, 0.2) is 67.0 Å². The lowest BCUT2D eigenvalue weighted by Crippen LogP contribution is -1.78. The van der Waals surface area contributed by atoms with Crippen molar-refractivity contribution < 1.29 is 4.74 Å². The van der Waals surface area contributed by atoms with Crippen LogP contribution in [0.2, 0.25) is 0 Å². The number of hydrogen-bond acceptors (Lipinski definition) is 3. The Morgan fingerprint density at radius 2 is 1.22 bits per heavy atom. The van der Waals surface area contributed by atoms with E-state index in [1.165, 1.54) is 0 Å². The summed E-state index contributed by atoms with van der Waals surface area (Å²) in [5, 5.41) is 0. The first-order valence-corrected chi connectivity index (χ1v) is 5.65. The number of aromatic nitrogens is 2. The predicted octanol–water partition coefficient (Wildman–Crippen LogP) is 3.33. The fourth-order valence-corrected chi connectivity index (χ4v) is 1.47. The molecule has 1 aromatic heterocycles. The molecule has 3 rings (SSSR count). The van der Waals surface area contributed by atoms with Crippen LogP contribution in [0.3, 0.4) is 0 Å². The third-order valence-corrected chi connectivity index (χ3v) is 2.35. The first-order valence-electron chi connectivity index (χ1n) is 5.65. The molecule has 18 heavy (non-hydrogen) atoms. The zero-order valence-electron chi connectivity index (χ0n) is 10.2. The minimum absolute atomic E-state index is 0.910. The first kappa shape index (κ1) is 12.0. The molecule has 0 bridgehead atoms. The van der Waals surface area contributed by atoms with E-state index in [4.69, 9.17) is 4.74 Å². The van der Waals surface area contributed by atoms with E-state index in [1.54, 1.807) is 19.5 Å². The summed E-state index contributed by atoms with van der Waals surface area (Å²) in [7, 11) is 1.66. The molecule has 1 heterocycles. The second kappa shape index (κ2) is 6.35. The molecular formula is C15H14N2O. The monoisotopic (exact) mass is 238 g/mol. The van der Waals surface area contributed by atoms with Gasteiger partial charge in [-0.2, -0.15) is 0 Å². The van der Waals surface area contributed by atoms with E-state index in [-0.39, 0.29) is 0 Å². The molecule has 0 atom stereocenters. The maximum Gasteiger partial charge on any atom is 0.118 e. The highest BCUT2D eigenvalue weighted by Gasteiger charge is 1.88. The van der Waals surface area contributed by atoms with Gasteiger partial charge in [0.2, 0.25) is 0 Å². The van der Waals surface area contributed by atoms with E-state index in [2.05, 4.69) is 9.97 Å². The second-order valence-corrected chi connectivity index (χ2v) is 3.56. The van der Waals surface area contributed by atoms with Gasteiger partial charge >= 0.3 is 0 Å². The fraction of sp³-hybridized carbons (Fsp3) is 0.0667. The standard InChI is InChI=1S/C8H6N2.C7H8O/c1-2-4-8-7(3-1)9-5-6-10-8;1-8-7-5-3-2-4-6-7/h1-6H;2-6H,1H3. The zero-order chi connectivity index (χ0) is 12.6. The molecule has 0 aliphatic heterocycles. The molecule has 90 valence electrons. The van der Waals surface area contributed by atoms with Crippen molar-refractivity contribution in [1.82, 2.24) is 9.97 Å². The van der Waals surface area contributed by atoms with Gasteiger partial charge in [-0.15, -0.1) is 0 Å². The Kier molecular flexibility index (Phi) is 4.25. The lowest BCUT2D eigenvalue weighted by Gasteiger charge is -1.93. The molecule has 0 spiro atoms. The van der Waals surface area contributed by atoms with Crippen molar-refractivity contribution in [2.45, 2.75) is 0 Å². The van der Waals surface area contributed by atoms with Crippen molar-refractivity contribution in [2.75, 3.05) is 7.11 Å². The molecule has 0 unspecified atom stereocenters. The summed E-state index contributed by atoms with van der Waals surface area (Å²) in [5.41, 5.74) is 1.90. The molecule has 0 amide bonds. The summed E-state index contributed by atoms with van der Waals surface area (Å²) in [6.45, 7) is 0. The SMILES string of the molecule is COc1ccccc1.c1ccc2nccnc2c1. The first-order chi connectivity index (χ1) is 8.90. The largest absolute Gasteiger partial charge is 0.497 e. The smallest absolute Gasteiger partial charge is 0.118 e. The Morgan fingerprint density at radius 1 is 0.722 bits per heavy atom. The zero-order valence-corrected chi connectivity index (χ0v) is 10.2. The number of methoxy groups -OCH3 is 1.